The molecule has 14 nitrogen and oxygen atoms in total. The highest BCUT2D eigenvalue weighted by Gasteiger charge is 2.29. The van der Waals surface area contributed by atoms with Crippen LogP contribution in [0.4, 0.5) is 10.5 Å². The topological polar surface area (TPSA) is 185 Å². The number of fused-ring (bicyclic) bond motifs is 1. The molecule has 16 heteroatoms. The summed E-state index contributed by atoms with van der Waals surface area (Å²) in [7, 11) is 1.44. The third-order valence-electron chi connectivity index (χ3n) is 6.53. The van der Waals surface area contributed by atoms with Gasteiger partial charge in [0.2, 0.25) is 0 Å². The van der Waals surface area contributed by atoms with Crippen molar-refractivity contribution in [3.63, 3.8) is 0 Å². The van der Waals surface area contributed by atoms with Gasteiger partial charge in [-0.25, -0.2) is 19.4 Å². The van der Waals surface area contributed by atoms with Gasteiger partial charge >= 0.3 is 6.09 Å². The zero-order valence-electron chi connectivity index (χ0n) is 21.7. The number of amides is 1. The first-order valence-corrected chi connectivity index (χ1v) is 13.0. The average Bonchev–Trinajstić information content (AvgIpc) is 3.73. The number of carbonyl (C=O) groups is 2. The lowest BCUT2D eigenvalue weighted by molar-refractivity contribution is -0.122. The molecule has 1 aromatic carbocycles. The fraction of sp³-hybridized carbons (Fsp3) is 0.154. The number of pyridine rings is 1. The van der Waals surface area contributed by atoms with Gasteiger partial charge in [-0.1, -0.05) is 28.4 Å². The van der Waals surface area contributed by atoms with Crippen molar-refractivity contribution in [3.05, 3.63) is 87.2 Å². The van der Waals surface area contributed by atoms with Gasteiger partial charge in [-0.15, -0.1) is 5.10 Å². The Morgan fingerprint density at radius 3 is 2.60 bits per heavy atom. The summed E-state index contributed by atoms with van der Waals surface area (Å²) in [5.74, 6) is 1.23. The Labute approximate surface area is 246 Å². The lowest BCUT2D eigenvalue weighted by atomic mass is 10.1. The molecule has 42 heavy (non-hydrogen) atoms. The minimum atomic E-state index is -1.08. The molecular weight excluding hydrogens is 589 g/mol. The van der Waals surface area contributed by atoms with Gasteiger partial charge in [-0.3, -0.25) is 24.0 Å². The number of hydrogen-bond donors (Lipinski definition) is 3. The van der Waals surface area contributed by atoms with E-state index in [-0.39, 0.29) is 23.2 Å². The molecule has 0 unspecified atom stereocenters. The van der Waals surface area contributed by atoms with Gasteiger partial charge in [0.15, 0.2) is 5.15 Å². The van der Waals surface area contributed by atoms with Crippen molar-refractivity contribution in [2.75, 3.05) is 11.9 Å². The second-order valence-electron chi connectivity index (χ2n) is 9.00. The van der Waals surface area contributed by atoms with Crippen molar-refractivity contribution < 1.29 is 19.8 Å². The van der Waals surface area contributed by atoms with Gasteiger partial charge in [-0.05, 0) is 36.8 Å². The molecule has 0 saturated carbocycles. The van der Waals surface area contributed by atoms with Crippen LogP contribution in [0.5, 0.6) is 0 Å². The summed E-state index contributed by atoms with van der Waals surface area (Å²) < 4.78 is 3.15. The third-order valence-corrected chi connectivity index (χ3v) is 6.94. The molecule has 5 aromatic rings. The number of halogens is 2. The Morgan fingerprint density at radius 1 is 1.14 bits per heavy atom. The number of nitrogens with zero attached hydrogens (tertiary/aromatic N) is 8. The summed E-state index contributed by atoms with van der Waals surface area (Å²) in [6.45, 7) is -0.250. The van der Waals surface area contributed by atoms with Crippen LogP contribution in [0.15, 0.2) is 59.8 Å². The average molecular weight is 610 g/mol. The van der Waals surface area contributed by atoms with Crippen molar-refractivity contribution in [3.8, 4) is 28.3 Å². The van der Waals surface area contributed by atoms with Crippen LogP contribution < -0.4 is 10.5 Å². The number of aromatic amines is 1. The van der Waals surface area contributed by atoms with Gasteiger partial charge in [-0.2, -0.15) is 0 Å². The molecule has 3 N–H and O–H groups in total. The second-order valence-corrected chi connectivity index (χ2v) is 9.82. The normalized spacial score (nSPS) is 13.6. The number of nitrogens with one attached hydrogen (secondary N) is 1. The summed E-state index contributed by atoms with van der Waals surface area (Å²) in [6, 6.07) is 9.72. The van der Waals surface area contributed by atoms with Crippen LogP contribution in [0, 0.1) is 0 Å². The summed E-state index contributed by atoms with van der Waals surface area (Å²) in [6.07, 6.45) is 4.81. The first kappa shape index (κ1) is 28.4. The van der Waals surface area contributed by atoms with E-state index in [2.05, 4.69) is 25.3 Å². The van der Waals surface area contributed by atoms with Crippen LogP contribution in [0.1, 0.15) is 24.1 Å². The number of imidazole rings is 1. The van der Waals surface area contributed by atoms with Crippen LogP contribution >= 0.6 is 23.2 Å². The molecule has 1 amide bonds. The fourth-order valence-corrected chi connectivity index (χ4v) is 4.90. The number of rotatable bonds is 5. The Kier molecular flexibility index (Phi) is 7.99. The standard InChI is InChI=1S/C25H19Cl2N9O3.CH2O2/c1-34(25(38)39)14-3-4-16(28-10-14)18-11-29-24(31-18)20-6-7-22-30-17(9-23(37)36(20)22)15-8-13(26)2-5-19(15)35-12-21(27)32-33-35;2-1-3/h2-5,8-12,20H,6-7H2,1H3,(H,29,31)(H,38,39);1H,(H,2,3)/t20-;/m0./s1. The molecule has 1 aliphatic rings. The van der Waals surface area contributed by atoms with Crippen LogP contribution in [-0.2, 0) is 11.2 Å². The quantitative estimate of drug-likeness (QED) is 0.246. The largest absolute Gasteiger partial charge is 0.483 e. The van der Waals surface area contributed by atoms with Gasteiger partial charge < -0.3 is 15.2 Å². The number of hydrogen-bond acceptors (Lipinski definition) is 8. The van der Waals surface area contributed by atoms with Crippen molar-refractivity contribution in [2.24, 2.45) is 0 Å². The maximum absolute atomic E-state index is 13.4. The number of aromatic nitrogens is 8. The number of benzene rings is 1. The SMILES string of the molecule is CN(C(=O)O)c1ccc(-c2cnc([C@@H]3CCc4nc(-c5cc(Cl)ccc5-n5cc(Cl)nn5)cc(=O)n43)[nH]2)nc1.O=CO. The molecule has 0 bridgehead atoms. The predicted octanol–water partition coefficient (Wildman–Crippen LogP) is 3.93. The minimum absolute atomic E-state index is 0.225. The first-order chi connectivity index (χ1) is 20.2. The van der Waals surface area contributed by atoms with E-state index in [1.807, 2.05) is 0 Å². The molecule has 0 radical (unpaired) electrons. The molecule has 5 heterocycles. The Balaban J connectivity index is 0.00000113. The maximum Gasteiger partial charge on any atom is 0.411 e. The molecule has 1 atom stereocenters. The number of H-pyrrole nitrogens is 1. The lowest BCUT2D eigenvalue weighted by Gasteiger charge is -2.14. The first-order valence-electron chi connectivity index (χ1n) is 12.3. The molecule has 0 saturated heterocycles. The van der Waals surface area contributed by atoms with E-state index in [4.69, 9.17) is 43.2 Å². The van der Waals surface area contributed by atoms with Gasteiger partial charge in [0.05, 0.1) is 53.1 Å². The minimum Gasteiger partial charge on any atom is -0.483 e. The number of aryl methyl sites for hydroxylation is 1. The summed E-state index contributed by atoms with van der Waals surface area (Å²) in [4.78, 5) is 50.9. The van der Waals surface area contributed by atoms with Crippen molar-refractivity contribution in [1.82, 2.24) is 39.5 Å². The molecular formula is C26H21Cl2N9O5. The summed E-state index contributed by atoms with van der Waals surface area (Å²) in [5.41, 5.74) is 3.18. The molecule has 1 aliphatic heterocycles. The second kappa shape index (κ2) is 11.8. The van der Waals surface area contributed by atoms with Crippen molar-refractivity contribution >= 4 is 41.5 Å². The Morgan fingerprint density at radius 2 is 1.93 bits per heavy atom. The smallest absolute Gasteiger partial charge is 0.411 e. The summed E-state index contributed by atoms with van der Waals surface area (Å²) in [5, 5.41) is 24.6. The van der Waals surface area contributed by atoms with Gasteiger partial charge in [0.25, 0.3) is 12.0 Å². The van der Waals surface area contributed by atoms with E-state index in [1.54, 1.807) is 47.3 Å². The number of anilines is 1. The van der Waals surface area contributed by atoms with E-state index >= 15 is 0 Å². The van der Waals surface area contributed by atoms with Crippen molar-refractivity contribution in [2.45, 2.75) is 18.9 Å². The molecule has 4 aromatic heterocycles. The monoisotopic (exact) mass is 609 g/mol. The third kappa shape index (κ3) is 5.57. The molecule has 0 fully saturated rings. The molecule has 0 aliphatic carbocycles. The summed E-state index contributed by atoms with van der Waals surface area (Å²) >= 11 is 12.2. The van der Waals surface area contributed by atoms with Crippen LogP contribution in [0.2, 0.25) is 10.2 Å². The zero-order valence-corrected chi connectivity index (χ0v) is 23.2. The zero-order chi connectivity index (χ0) is 30.0. The highest BCUT2D eigenvalue weighted by Crippen LogP contribution is 2.32. The van der Waals surface area contributed by atoms with Crippen LogP contribution in [0.3, 0.4) is 0 Å². The van der Waals surface area contributed by atoms with Crippen LogP contribution in [-0.4, -0.2) is 69.3 Å². The molecule has 214 valence electrons. The highest BCUT2D eigenvalue weighted by molar-refractivity contribution is 6.31. The van der Waals surface area contributed by atoms with Crippen molar-refractivity contribution in [1.29, 1.82) is 0 Å². The lowest BCUT2D eigenvalue weighted by Crippen LogP contribution is -2.25. The van der Waals surface area contributed by atoms with Gasteiger partial charge in [0.1, 0.15) is 11.6 Å². The van der Waals surface area contributed by atoms with E-state index in [1.165, 1.54) is 24.0 Å². The number of carboxylic acid groups (broad SMARTS) is 2. The predicted molar refractivity (Wildman–Crippen MR) is 152 cm³/mol. The van der Waals surface area contributed by atoms with Gasteiger partial charge in [0, 0.05) is 30.1 Å². The van der Waals surface area contributed by atoms with E-state index in [9.17, 15) is 9.59 Å². The van der Waals surface area contributed by atoms with E-state index in [0.29, 0.717) is 63.5 Å². The van der Waals surface area contributed by atoms with E-state index < -0.39 is 6.09 Å². The Bertz CT molecular complexity index is 1830. The molecule has 6 rings (SSSR count). The van der Waals surface area contributed by atoms with Crippen LogP contribution in [0.25, 0.3) is 28.3 Å². The highest BCUT2D eigenvalue weighted by atomic mass is 35.5. The Hall–Kier alpha value is -5.08. The van der Waals surface area contributed by atoms with E-state index in [0.717, 1.165) is 4.90 Å². The molecule has 0 spiro atoms. The fourth-order valence-electron chi connectivity index (χ4n) is 4.61. The maximum atomic E-state index is 13.4.